The number of hydrogen-bond acceptors (Lipinski definition) is 8. The van der Waals surface area contributed by atoms with Crippen LogP contribution in [0.5, 0.6) is 0 Å². The Morgan fingerprint density at radius 1 is 1.07 bits per heavy atom. The van der Waals surface area contributed by atoms with Crippen LogP contribution in [0.2, 0.25) is 21.8 Å². The van der Waals surface area contributed by atoms with Crippen LogP contribution in [0, 0.1) is 23.2 Å². The van der Waals surface area contributed by atoms with Gasteiger partial charge in [-0.2, -0.15) is 12.6 Å². The van der Waals surface area contributed by atoms with Crippen molar-refractivity contribution in [3.63, 3.8) is 0 Å². The van der Waals surface area contributed by atoms with Crippen LogP contribution in [0.4, 0.5) is 0 Å². The predicted molar refractivity (Wildman–Crippen MR) is 170 cm³/mol. The molecule has 0 aromatic heterocycles. The molecule has 5 aliphatic carbocycles. The Kier molecular flexibility index (Phi) is 8.57. The van der Waals surface area contributed by atoms with Crippen LogP contribution >= 0.6 is 12.6 Å². The van der Waals surface area contributed by atoms with Gasteiger partial charge in [0.15, 0.2) is 6.10 Å². The Morgan fingerprint density at radius 3 is 2.35 bits per heavy atom. The van der Waals surface area contributed by atoms with Crippen molar-refractivity contribution in [2.45, 2.75) is 117 Å². The first-order valence-electron chi connectivity index (χ1n) is 15.3. The molecule has 0 saturated heterocycles. The summed E-state index contributed by atoms with van der Waals surface area (Å²) in [7, 11) is 35.2. The lowest BCUT2D eigenvalue weighted by Crippen LogP contribution is -2.72. The zero-order valence-corrected chi connectivity index (χ0v) is 26.1. The van der Waals surface area contributed by atoms with Crippen molar-refractivity contribution in [3.8, 4) is 0 Å². The number of thiol groups is 1. The van der Waals surface area contributed by atoms with E-state index >= 15 is 0 Å². The van der Waals surface area contributed by atoms with Crippen LogP contribution in [0.3, 0.4) is 0 Å². The number of esters is 2. The molecule has 0 aromatic carbocycles. The van der Waals surface area contributed by atoms with Crippen LogP contribution in [0.25, 0.3) is 0 Å². The van der Waals surface area contributed by atoms with E-state index in [9.17, 15) is 24.9 Å². The highest BCUT2D eigenvalue weighted by atomic mass is 32.1. The third-order valence-corrected chi connectivity index (χ3v) is 12.5. The molecule has 5 rings (SSSR count). The standard InChI is InChI=1S/C30H39B5O7S/c1-4-14(2)25(40)42-23-24(41-15(3)37)30(35,43)11-18-16-5-6-20-27(32)9-8-19(38)22(31)17(27)7-10-28(20,33)29(16,34)12-21(39)26(18,23)13-36/h4-5,17-24,36,38-39,43H,6-13H2,1-3H3/b14-4-/t17?,18?,19-,20?,21+,22+,23-,24-,26-,27+,28-,29-,30+/m0/s1. The van der Waals surface area contributed by atoms with Gasteiger partial charge >= 0.3 is 11.9 Å². The molecule has 7 nitrogen and oxygen atoms in total. The first-order chi connectivity index (χ1) is 19.9. The largest absolute Gasteiger partial charge is 0.458 e. The molecule has 4 fully saturated rings. The lowest BCUT2D eigenvalue weighted by atomic mass is 9.22. The molecule has 3 unspecified atom stereocenters. The molecule has 0 aromatic rings. The highest BCUT2D eigenvalue weighted by Crippen LogP contribution is 2.80. The molecule has 3 N–H and O–H groups in total. The van der Waals surface area contributed by atoms with E-state index in [1.54, 1.807) is 19.9 Å². The van der Waals surface area contributed by atoms with E-state index in [0.717, 1.165) is 0 Å². The van der Waals surface area contributed by atoms with Gasteiger partial charge in [0.1, 0.15) is 6.10 Å². The minimum absolute atomic E-state index is 0.0430. The van der Waals surface area contributed by atoms with Gasteiger partial charge in [0.25, 0.3) is 0 Å². The maximum absolute atomic E-state index is 13.2. The quantitative estimate of drug-likeness (QED) is 0.129. The van der Waals surface area contributed by atoms with Gasteiger partial charge in [-0.3, -0.25) is 4.79 Å². The molecule has 0 bridgehead atoms. The molecule has 10 radical (unpaired) electrons. The van der Waals surface area contributed by atoms with Gasteiger partial charge in [-0.05, 0) is 68.4 Å². The number of fused-ring (bicyclic) bond motifs is 7. The highest BCUT2D eigenvalue weighted by molar-refractivity contribution is 7.83. The minimum atomic E-state index is -1.53. The Balaban J connectivity index is 1.64. The Hall–Kier alpha value is -1.03. The van der Waals surface area contributed by atoms with E-state index in [0.29, 0.717) is 43.3 Å². The molecule has 0 heterocycles. The van der Waals surface area contributed by atoms with Crippen molar-refractivity contribution in [3.05, 3.63) is 23.3 Å². The van der Waals surface area contributed by atoms with Gasteiger partial charge < -0.3 is 24.8 Å². The van der Waals surface area contributed by atoms with Gasteiger partial charge in [-0.25, -0.2) is 4.79 Å². The summed E-state index contributed by atoms with van der Waals surface area (Å²) in [6.07, 6.45) is 1.42. The fourth-order valence-electron chi connectivity index (χ4n) is 9.60. The molecule has 0 aliphatic heterocycles. The summed E-state index contributed by atoms with van der Waals surface area (Å²) >= 11 is 4.73. The lowest BCUT2D eigenvalue weighted by Gasteiger charge is -2.72. The average molecular weight is 598 g/mol. The monoisotopic (exact) mass is 598 g/mol. The van der Waals surface area contributed by atoms with Crippen LogP contribution in [-0.2, 0) is 19.1 Å². The van der Waals surface area contributed by atoms with Crippen molar-refractivity contribution < 1.29 is 34.4 Å². The summed E-state index contributed by atoms with van der Waals surface area (Å²) < 4.78 is 10.1. The van der Waals surface area contributed by atoms with Crippen LogP contribution in [-0.4, -0.2) is 102 Å². The molecular formula is C30H39B5O7S. The van der Waals surface area contributed by atoms with Gasteiger partial charge in [-0.1, -0.05) is 47.6 Å². The molecule has 13 atom stereocenters. The van der Waals surface area contributed by atoms with Crippen LogP contribution in [0.15, 0.2) is 23.3 Å². The Morgan fingerprint density at radius 2 is 1.74 bits per heavy atom. The Bertz CT molecular complexity index is 1230. The lowest BCUT2D eigenvalue weighted by molar-refractivity contribution is -0.225. The molecule has 4 saturated carbocycles. The molecule has 0 spiro atoms. The predicted octanol–water partition coefficient (Wildman–Crippen LogP) is 1.80. The number of aliphatic hydroxyl groups excluding tert-OH is 3. The van der Waals surface area contributed by atoms with Gasteiger partial charge in [0.2, 0.25) is 0 Å². The second-order valence-corrected chi connectivity index (χ2v) is 14.8. The Labute approximate surface area is 267 Å². The first kappa shape index (κ1) is 33.3. The number of aliphatic hydroxyl groups is 3. The third-order valence-electron chi connectivity index (χ3n) is 12.1. The zero-order valence-electron chi connectivity index (χ0n) is 25.2. The minimum Gasteiger partial charge on any atom is -0.458 e. The summed E-state index contributed by atoms with van der Waals surface area (Å²) in [5, 5.41) is 30.7. The van der Waals surface area contributed by atoms with Gasteiger partial charge in [0.05, 0.1) is 57.4 Å². The third kappa shape index (κ3) is 4.63. The summed E-state index contributed by atoms with van der Waals surface area (Å²) in [6.45, 7) is 3.84. The molecule has 0 amide bonds. The average Bonchev–Trinajstić information content (AvgIpc) is 2.92. The topological polar surface area (TPSA) is 113 Å². The smallest absolute Gasteiger partial charge is 0.333 e. The van der Waals surface area contributed by atoms with E-state index in [1.807, 2.05) is 6.08 Å². The summed E-state index contributed by atoms with van der Waals surface area (Å²) in [5.41, 5.74) is -0.539. The molecule has 5 aliphatic rings. The number of carbonyl (C=O) groups excluding carboxylic acids is 2. The van der Waals surface area contributed by atoms with Crippen molar-refractivity contribution in [2.75, 3.05) is 6.61 Å². The van der Waals surface area contributed by atoms with E-state index in [-0.39, 0.29) is 24.7 Å². The van der Waals surface area contributed by atoms with Crippen molar-refractivity contribution in [1.29, 1.82) is 0 Å². The summed E-state index contributed by atoms with van der Waals surface area (Å²) in [6, 6.07) is 0. The van der Waals surface area contributed by atoms with E-state index in [1.165, 1.54) is 6.92 Å². The number of carbonyl (C=O) groups is 2. The fraction of sp³-hybridized carbons (Fsp3) is 0.800. The molecule has 43 heavy (non-hydrogen) atoms. The van der Waals surface area contributed by atoms with Crippen LogP contribution in [0.1, 0.15) is 65.7 Å². The number of rotatable bonds is 4. The SMILES string of the molecule is [B][C@@H]1C2CC[C@]3([B])C(CC=C4C5C[C@@]([B])(S)[C@@H](OC(C)=O)[C@H](OC(=O)/C(C)=C\C)[C@]5(CO)[C@H](O)C[C@]43[B])[C@@]2([B])CC[C@@H]1O. The second-order valence-electron chi connectivity index (χ2n) is 14.0. The highest BCUT2D eigenvalue weighted by Gasteiger charge is 2.72. The molecular weight excluding hydrogens is 558 g/mol. The molecule has 13 heteroatoms. The summed E-state index contributed by atoms with van der Waals surface area (Å²) in [4.78, 5) is 25.4. The first-order valence-corrected chi connectivity index (χ1v) is 15.7. The fourth-order valence-corrected chi connectivity index (χ4v) is 9.97. The number of ether oxygens (including phenoxy) is 2. The second kappa shape index (κ2) is 11.1. The van der Waals surface area contributed by atoms with Crippen molar-refractivity contribution in [1.82, 2.24) is 0 Å². The number of hydrogen-bond donors (Lipinski definition) is 4. The van der Waals surface area contributed by atoms with Crippen molar-refractivity contribution >= 4 is 63.8 Å². The molecule has 222 valence electrons. The normalized spacial score (nSPS) is 51.0. The van der Waals surface area contributed by atoms with E-state index in [4.69, 9.17) is 61.3 Å². The van der Waals surface area contributed by atoms with E-state index < -0.39 is 80.7 Å². The van der Waals surface area contributed by atoms with Crippen molar-refractivity contribution in [2.24, 2.45) is 23.2 Å². The number of allylic oxidation sites excluding steroid dienone is 3. The van der Waals surface area contributed by atoms with E-state index in [2.05, 4.69) is 0 Å². The maximum Gasteiger partial charge on any atom is 0.333 e. The van der Waals surface area contributed by atoms with Crippen LogP contribution < -0.4 is 0 Å². The zero-order chi connectivity index (χ0) is 31.9. The van der Waals surface area contributed by atoms with Gasteiger partial charge in [-0.15, -0.1) is 0 Å². The van der Waals surface area contributed by atoms with Gasteiger partial charge in [0, 0.05) is 23.2 Å². The summed E-state index contributed by atoms with van der Waals surface area (Å²) in [5.74, 6) is -3.02. The maximum atomic E-state index is 13.2.